The first-order valence-corrected chi connectivity index (χ1v) is 10.4. The summed E-state index contributed by atoms with van der Waals surface area (Å²) < 4.78 is 7.79. The molecule has 0 bridgehead atoms. The van der Waals surface area contributed by atoms with Gasteiger partial charge in [-0.2, -0.15) is 0 Å². The van der Waals surface area contributed by atoms with Crippen LogP contribution in [0.4, 0.5) is 11.4 Å². The van der Waals surface area contributed by atoms with Crippen LogP contribution >= 0.6 is 0 Å². The fourth-order valence-corrected chi connectivity index (χ4v) is 4.19. The topological polar surface area (TPSA) is 59.4 Å². The molecule has 0 fully saturated rings. The number of carbonyl (C=O) groups is 1. The molecule has 0 atom stereocenters. The van der Waals surface area contributed by atoms with Gasteiger partial charge in [0.2, 0.25) is 0 Å². The predicted octanol–water partition coefficient (Wildman–Crippen LogP) is 4.63. The quantitative estimate of drug-likeness (QED) is 0.531. The normalized spacial score (nSPS) is 13.2. The number of rotatable bonds is 4. The second kappa shape index (κ2) is 7.80. The third kappa shape index (κ3) is 3.50. The van der Waals surface area contributed by atoms with Crippen LogP contribution in [-0.4, -0.2) is 29.1 Å². The standard InChI is InChI=1S/C25H24N4O2/c1-17-7-3-4-8-19(17)25(30)27-21-15-18(11-12-23(21)31-2)28-13-14-29-22-10-6-5-9-20(22)26-24(29)16-28/h3-12,15H,13-14,16H2,1-2H3,(H,27,30). The highest BCUT2D eigenvalue weighted by Gasteiger charge is 2.21. The van der Waals surface area contributed by atoms with E-state index in [0.29, 0.717) is 23.5 Å². The van der Waals surface area contributed by atoms with E-state index in [9.17, 15) is 4.79 Å². The SMILES string of the molecule is COc1ccc(N2CCn3c(nc4ccccc43)C2)cc1NC(=O)c1ccccc1C. The molecule has 31 heavy (non-hydrogen) atoms. The van der Waals surface area contributed by atoms with Gasteiger partial charge in [0.25, 0.3) is 5.91 Å². The number of benzene rings is 3. The van der Waals surface area contributed by atoms with E-state index in [1.807, 2.05) is 55.5 Å². The van der Waals surface area contributed by atoms with E-state index in [2.05, 4.69) is 33.0 Å². The van der Waals surface area contributed by atoms with E-state index in [0.717, 1.165) is 35.7 Å². The van der Waals surface area contributed by atoms with Gasteiger partial charge in [0.05, 0.1) is 30.4 Å². The third-order valence-corrected chi connectivity index (χ3v) is 5.85. The number of para-hydroxylation sites is 2. The number of imidazole rings is 1. The Morgan fingerprint density at radius 2 is 1.84 bits per heavy atom. The van der Waals surface area contributed by atoms with Crippen molar-refractivity contribution in [1.29, 1.82) is 0 Å². The molecule has 5 rings (SSSR count). The Bertz CT molecular complexity index is 1280. The number of carbonyl (C=O) groups excluding carboxylic acids is 1. The number of aromatic nitrogens is 2. The Hall–Kier alpha value is -3.80. The molecule has 6 nitrogen and oxygen atoms in total. The lowest BCUT2D eigenvalue weighted by molar-refractivity contribution is 0.102. The molecule has 4 aromatic rings. The van der Waals surface area contributed by atoms with E-state index in [-0.39, 0.29) is 5.91 Å². The Labute approximate surface area is 181 Å². The Morgan fingerprint density at radius 3 is 2.68 bits per heavy atom. The fraction of sp³-hybridized carbons (Fsp3) is 0.200. The number of hydrogen-bond donors (Lipinski definition) is 1. The monoisotopic (exact) mass is 412 g/mol. The van der Waals surface area contributed by atoms with Crippen LogP contribution in [0.3, 0.4) is 0 Å². The lowest BCUT2D eigenvalue weighted by atomic mass is 10.1. The van der Waals surface area contributed by atoms with E-state index in [1.165, 1.54) is 5.52 Å². The van der Waals surface area contributed by atoms with Gasteiger partial charge in [-0.25, -0.2) is 4.98 Å². The van der Waals surface area contributed by atoms with Crippen molar-refractivity contribution in [2.24, 2.45) is 0 Å². The van der Waals surface area contributed by atoms with Crippen molar-refractivity contribution in [3.8, 4) is 5.75 Å². The van der Waals surface area contributed by atoms with E-state index in [4.69, 9.17) is 9.72 Å². The zero-order chi connectivity index (χ0) is 21.4. The highest BCUT2D eigenvalue weighted by molar-refractivity contribution is 6.06. The number of methoxy groups -OCH3 is 1. The van der Waals surface area contributed by atoms with Gasteiger partial charge in [-0.05, 0) is 48.9 Å². The van der Waals surface area contributed by atoms with Crippen molar-refractivity contribution < 1.29 is 9.53 Å². The fourth-order valence-electron chi connectivity index (χ4n) is 4.19. The van der Waals surface area contributed by atoms with Gasteiger partial charge in [0.15, 0.2) is 0 Å². The molecule has 0 spiro atoms. The summed E-state index contributed by atoms with van der Waals surface area (Å²) in [7, 11) is 1.61. The van der Waals surface area contributed by atoms with E-state index < -0.39 is 0 Å². The predicted molar refractivity (Wildman–Crippen MR) is 123 cm³/mol. The number of amides is 1. The highest BCUT2D eigenvalue weighted by Crippen LogP contribution is 2.32. The average molecular weight is 412 g/mol. The van der Waals surface area contributed by atoms with Crippen molar-refractivity contribution in [3.05, 3.63) is 83.7 Å². The maximum Gasteiger partial charge on any atom is 0.256 e. The molecule has 3 aromatic carbocycles. The molecule has 6 heteroatoms. The molecule has 1 aliphatic heterocycles. The summed E-state index contributed by atoms with van der Waals surface area (Å²) in [6.07, 6.45) is 0. The third-order valence-electron chi connectivity index (χ3n) is 5.85. The first kappa shape index (κ1) is 19.2. The molecule has 1 aromatic heterocycles. The summed E-state index contributed by atoms with van der Waals surface area (Å²) in [4.78, 5) is 20.0. The lowest BCUT2D eigenvalue weighted by Gasteiger charge is -2.30. The van der Waals surface area contributed by atoms with Gasteiger partial charge in [-0.3, -0.25) is 4.79 Å². The minimum absolute atomic E-state index is 0.144. The minimum Gasteiger partial charge on any atom is -0.495 e. The van der Waals surface area contributed by atoms with Crippen LogP contribution < -0.4 is 15.0 Å². The van der Waals surface area contributed by atoms with Crippen LogP contribution in [0.5, 0.6) is 5.75 Å². The van der Waals surface area contributed by atoms with Crippen LogP contribution in [-0.2, 0) is 13.1 Å². The first-order valence-electron chi connectivity index (χ1n) is 10.4. The molecule has 0 saturated carbocycles. The van der Waals surface area contributed by atoms with Gasteiger partial charge >= 0.3 is 0 Å². The molecule has 2 heterocycles. The molecule has 0 radical (unpaired) electrons. The Balaban J connectivity index is 1.43. The van der Waals surface area contributed by atoms with Crippen LogP contribution in [0.25, 0.3) is 11.0 Å². The van der Waals surface area contributed by atoms with Crippen molar-refractivity contribution in [2.75, 3.05) is 23.9 Å². The Morgan fingerprint density at radius 1 is 1.03 bits per heavy atom. The van der Waals surface area contributed by atoms with Gasteiger partial charge in [-0.15, -0.1) is 0 Å². The van der Waals surface area contributed by atoms with Gasteiger partial charge in [0.1, 0.15) is 11.6 Å². The Kier molecular flexibility index (Phi) is 4.82. The number of fused-ring (bicyclic) bond motifs is 3. The average Bonchev–Trinajstić information content (AvgIpc) is 3.17. The van der Waals surface area contributed by atoms with Crippen molar-refractivity contribution >= 4 is 28.3 Å². The molecule has 1 N–H and O–H groups in total. The summed E-state index contributed by atoms with van der Waals surface area (Å²) in [6, 6.07) is 21.7. The van der Waals surface area contributed by atoms with Crippen molar-refractivity contribution in [1.82, 2.24) is 9.55 Å². The molecular formula is C25H24N4O2. The summed E-state index contributed by atoms with van der Waals surface area (Å²) in [5.41, 5.74) is 5.48. The molecular weight excluding hydrogens is 388 g/mol. The maximum absolute atomic E-state index is 12.9. The van der Waals surface area contributed by atoms with Gasteiger partial charge in [0, 0.05) is 24.3 Å². The summed E-state index contributed by atoms with van der Waals surface area (Å²) in [5.74, 6) is 1.54. The van der Waals surface area contributed by atoms with Crippen LogP contribution in [0, 0.1) is 6.92 Å². The summed E-state index contributed by atoms with van der Waals surface area (Å²) in [5, 5.41) is 3.03. The van der Waals surface area contributed by atoms with E-state index in [1.54, 1.807) is 7.11 Å². The van der Waals surface area contributed by atoms with Crippen molar-refractivity contribution in [2.45, 2.75) is 20.0 Å². The maximum atomic E-state index is 12.9. The zero-order valence-corrected chi connectivity index (χ0v) is 17.6. The number of nitrogens with one attached hydrogen (secondary N) is 1. The zero-order valence-electron chi connectivity index (χ0n) is 17.6. The molecule has 1 amide bonds. The number of nitrogens with zero attached hydrogens (tertiary/aromatic N) is 3. The van der Waals surface area contributed by atoms with Gasteiger partial charge in [-0.1, -0.05) is 30.3 Å². The summed E-state index contributed by atoms with van der Waals surface area (Å²) in [6.45, 7) is 4.38. The largest absolute Gasteiger partial charge is 0.495 e. The lowest BCUT2D eigenvalue weighted by Crippen LogP contribution is -2.33. The smallest absolute Gasteiger partial charge is 0.256 e. The molecule has 156 valence electrons. The molecule has 0 aliphatic carbocycles. The van der Waals surface area contributed by atoms with Crippen LogP contribution in [0.1, 0.15) is 21.7 Å². The summed E-state index contributed by atoms with van der Waals surface area (Å²) >= 11 is 0. The van der Waals surface area contributed by atoms with Crippen molar-refractivity contribution in [3.63, 3.8) is 0 Å². The minimum atomic E-state index is -0.144. The van der Waals surface area contributed by atoms with Crippen LogP contribution in [0.2, 0.25) is 0 Å². The number of hydrogen-bond acceptors (Lipinski definition) is 4. The van der Waals surface area contributed by atoms with E-state index >= 15 is 0 Å². The van der Waals surface area contributed by atoms with Gasteiger partial charge < -0.3 is 19.5 Å². The second-order valence-electron chi connectivity index (χ2n) is 7.74. The molecule has 0 saturated heterocycles. The first-order chi connectivity index (χ1) is 15.1. The molecule has 1 aliphatic rings. The highest BCUT2D eigenvalue weighted by atomic mass is 16.5. The van der Waals surface area contributed by atoms with Crippen LogP contribution in [0.15, 0.2) is 66.7 Å². The number of anilines is 2. The molecule has 0 unspecified atom stereocenters. The number of aryl methyl sites for hydroxylation is 1. The second-order valence-corrected chi connectivity index (χ2v) is 7.74. The number of ether oxygens (including phenoxy) is 1.